The Bertz CT molecular complexity index is 510. The number of thiazole rings is 1. The number of benzene rings is 1. The maximum Gasteiger partial charge on any atom is 0.123 e. The van der Waals surface area contributed by atoms with Gasteiger partial charge in [-0.05, 0) is 25.6 Å². The lowest BCUT2D eigenvalue weighted by Gasteiger charge is -2.10. The molecule has 0 aliphatic rings. The fourth-order valence-corrected chi connectivity index (χ4v) is 2.83. The number of nitrogens with zero attached hydrogens (tertiary/aromatic N) is 1. The molecule has 0 saturated heterocycles. The number of aromatic nitrogens is 1. The van der Waals surface area contributed by atoms with E-state index in [9.17, 15) is 4.39 Å². The molecule has 0 fully saturated rings. The first-order valence-electron chi connectivity index (χ1n) is 6.10. The molecule has 1 N–H and O–H groups in total. The molecule has 1 aromatic heterocycles. The lowest BCUT2D eigenvalue weighted by atomic mass is 10.0. The molecular formula is C14H17FN2S. The second-order valence-corrected chi connectivity index (χ2v) is 5.11. The first-order valence-corrected chi connectivity index (χ1v) is 6.98. The van der Waals surface area contributed by atoms with E-state index in [0.717, 1.165) is 29.2 Å². The van der Waals surface area contributed by atoms with E-state index in [2.05, 4.69) is 22.6 Å². The fraction of sp³-hybridized carbons (Fsp3) is 0.357. The summed E-state index contributed by atoms with van der Waals surface area (Å²) in [5.41, 5.74) is 1.95. The summed E-state index contributed by atoms with van der Waals surface area (Å²) in [5.74, 6) is 0.208. The summed E-state index contributed by atoms with van der Waals surface area (Å²) in [4.78, 5) is 4.62. The van der Waals surface area contributed by atoms with Gasteiger partial charge in [0.05, 0.1) is 5.69 Å². The molecule has 1 aromatic carbocycles. The van der Waals surface area contributed by atoms with Crippen molar-refractivity contribution >= 4 is 11.3 Å². The van der Waals surface area contributed by atoms with Crippen LogP contribution in [-0.4, -0.2) is 18.6 Å². The van der Waals surface area contributed by atoms with Crippen molar-refractivity contribution in [2.75, 3.05) is 13.6 Å². The smallest absolute Gasteiger partial charge is 0.123 e. The number of nitrogens with one attached hydrogen (secondary N) is 1. The normalized spacial score (nSPS) is 12.6. The number of hydrogen-bond acceptors (Lipinski definition) is 3. The van der Waals surface area contributed by atoms with E-state index in [-0.39, 0.29) is 5.82 Å². The molecule has 0 amide bonds. The standard InChI is InChI=1S/C14H17FN2S/c1-3-10(8-16-2)13-9-18-14(17-13)11-5-4-6-12(15)7-11/h4-7,9-10,16H,3,8H2,1-2H3. The minimum Gasteiger partial charge on any atom is -0.319 e. The fourth-order valence-electron chi connectivity index (χ4n) is 1.93. The molecule has 0 spiro atoms. The summed E-state index contributed by atoms with van der Waals surface area (Å²) in [6, 6.07) is 6.59. The Morgan fingerprint density at radius 2 is 2.28 bits per heavy atom. The highest BCUT2D eigenvalue weighted by Gasteiger charge is 2.13. The Balaban J connectivity index is 2.24. The second-order valence-electron chi connectivity index (χ2n) is 4.25. The third kappa shape index (κ3) is 2.94. The van der Waals surface area contributed by atoms with Gasteiger partial charge in [-0.15, -0.1) is 11.3 Å². The summed E-state index contributed by atoms with van der Waals surface area (Å²) in [6.07, 6.45) is 1.05. The van der Waals surface area contributed by atoms with E-state index in [1.165, 1.54) is 12.1 Å². The van der Waals surface area contributed by atoms with Crippen LogP contribution in [0.25, 0.3) is 10.6 Å². The first kappa shape index (κ1) is 13.2. The highest BCUT2D eigenvalue weighted by atomic mass is 32.1. The van der Waals surface area contributed by atoms with Crippen LogP contribution in [0, 0.1) is 5.82 Å². The molecule has 0 radical (unpaired) electrons. The number of rotatable bonds is 5. The van der Waals surface area contributed by atoms with Gasteiger partial charge in [0.15, 0.2) is 0 Å². The van der Waals surface area contributed by atoms with Crippen LogP contribution in [-0.2, 0) is 0 Å². The van der Waals surface area contributed by atoms with Gasteiger partial charge in [-0.2, -0.15) is 0 Å². The molecule has 0 aliphatic heterocycles. The van der Waals surface area contributed by atoms with Gasteiger partial charge < -0.3 is 5.32 Å². The molecule has 0 aliphatic carbocycles. The molecular weight excluding hydrogens is 247 g/mol. The quantitative estimate of drug-likeness (QED) is 0.891. The van der Waals surface area contributed by atoms with Crippen LogP contribution in [0.1, 0.15) is 25.0 Å². The van der Waals surface area contributed by atoms with Crippen LogP contribution in [0.3, 0.4) is 0 Å². The summed E-state index contributed by atoms with van der Waals surface area (Å²) in [6.45, 7) is 3.08. The van der Waals surface area contributed by atoms with E-state index in [1.54, 1.807) is 17.4 Å². The van der Waals surface area contributed by atoms with E-state index >= 15 is 0 Å². The predicted molar refractivity (Wildman–Crippen MR) is 74.5 cm³/mol. The van der Waals surface area contributed by atoms with E-state index in [1.807, 2.05) is 13.1 Å². The molecule has 1 unspecified atom stereocenters. The minimum atomic E-state index is -0.216. The highest BCUT2D eigenvalue weighted by Crippen LogP contribution is 2.28. The van der Waals surface area contributed by atoms with E-state index in [0.29, 0.717) is 5.92 Å². The van der Waals surface area contributed by atoms with Crippen LogP contribution in [0.4, 0.5) is 4.39 Å². The number of halogens is 1. The average Bonchev–Trinajstić information content (AvgIpc) is 2.85. The van der Waals surface area contributed by atoms with Crippen molar-refractivity contribution < 1.29 is 4.39 Å². The Morgan fingerprint density at radius 1 is 1.44 bits per heavy atom. The van der Waals surface area contributed by atoms with Crippen molar-refractivity contribution in [2.24, 2.45) is 0 Å². The Hall–Kier alpha value is -1.26. The molecule has 0 bridgehead atoms. The summed E-state index contributed by atoms with van der Waals surface area (Å²) < 4.78 is 13.2. The maximum absolute atomic E-state index is 13.2. The zero-order chi connectivity index (χ0) is 13.0. The SMILES string of the molecule is CCC(CNC)c1csc(-c2cccc(F)c2)n1. The highest BCUT2D eigenvalue weighted by molar-refractivity contribution is 7.13. The third-order valence-electron chi connectivity index (χ3n) is 2.96. The first-order chi connectivity index (χ1) is 8.74. The zero-order valence-electron chi connectivity index (χ0n) is 10.6. The second kappa shape index (κ2) is 6.07. The van der Waals surface area contributed by atoms with E-state index < -0.39 is 0 Å². The Kier molecular flexibility index (Phi) is 4.44. The number of likely N-dealkylation sites (N-methyl/N-ethyl adjacent to an activating group) is 1. The molecule has 2 rings (SSSR count). The maximum atomic E-state index is 13.2. The van der Waals surface area contributed by atoms with Crippen molar-refractivity contribution in [1.29, 1.82) is 0 Å². The van der Waals surface area contributed by atoms with Gasteiger partial charge in [0, 0.05) is 23.4 Å². The molecule has 4 heteroatoms. The van der Waals surface area contributed by atoms with Gasteiger partial charge in [0.1, 0.15) is 10.8 Å². The van der Waals surface area contributed by atoms with Gasteiger partial charge >= 0.3 is 0 Å². The average molecular weight is 264 g/mol. The Morgan fingerprint density at radius 3 is 2.94 bits per heavy atom. The lowest BCUT2D eigenvalue weighted by Crippen LogP contribution is -2.16. The largest absolute Gasteiger partial charge is 0.319 e. The monoisotopic (exact) mass is 264 g/mol. The molecule has 96 valence electrons. The van der Waals surface area contributed by atoms with E-state index in [4.69, 9.17) is 0 Å². The minimum absolute atomic E-state index is 0.216. The Labute approximate surface area is 111 Å². The van der Waals surface area contributed by atoms with Gasteiger partial charge in [0.2, 0.25) is 0 Å². The van der Waals surface area contributed by atoms with Crippen LogP contribution in [0.5, 0.6) is 0 Å². The van der Waals surface area contributed by atoms with Crippen LogP contribution >= 0.6 is 11.3 Å². The van der Waals surface area contributed by atoms with Crippen LogP contribution in [0.2, 0.25) is 0 Å². The van der Waals surface area contributed by atoms with Crippen molar-refractivity contribution in [2.45, 2.75) is 19.3 Å². The summed E-state index contributed by atoms with van der Waals surface area (Å²) in [5, 5.41) is 6.14. The number of hydrogen-bond donors (Lipinski definition) is 1. The predicted octanol–water partition coefficient (Wildman–Crippen LogP) is 3.66. The van der Waals surface area contributed by atoms with Crippen LogP contribution < -0.4 is 5.32 Å². The summed E-state index contributed by atoms with van der Waals surface area (Å²) in [7, 11) is 1.95. The lowest BCUT2D eigenvalue weighted by molar-refractivity contribution is 0.600. The van der Waals surface area contributed by atoms with Gasteiger partial charge in [-0.1, -0.05) is 19.1 Å². The zero-order valence-corrected chi connectivity index (χ0v) is 11.4. The molecule has 2 aromatic rings. The van der Waals surface area contributed by atoms with Gasteiger partial charge in [-0.25, -0.2) is 9.37 Å². The van der Waals surface area contributed by atoms with Crippen molar-refractivity contribution in [3.8, 4) is 10.6 Å². The molecule has 1 atom stereocenters. The van der Waals surface area contributed by atoms with Gasteiger partial charge in [-0.3, -0.25) is 0 Å². The molecule has 0 saturated carbocycles. The summed E-state index contributed by atoms with van der Waals surface area (Å²) >= 11 is 1.58. The van der Waals surface area contributed by atoms with Crippen LogP contribution in [0.15, 0.2) is 29.6 Å². The topological polar surface area (TPSA) is 24.9 Å². The molecule has 1 heterocycles. The van der Waals surface area contributed by atoms with Crippen molar-refractivity contribution in [3.05, 3.63) is 41.2 Å². The third-order valence-corrected chi connectivity index (χ3v) is 3.86. The van der Waals surface area contributed by atoms with Crippen molar-refractivity contribution in [1.82, 2.24) is 10.3 Å². The molecule has 18 heavy (non-hydrogen) atoms. The van der Waals surface area contributed by atoms with Crippen molar-refractivity contribution in [3.63, 3.8) is 0 Å². The van der Waals surface area contributed by atoms with Gasteiger partial charge in [0.25, 0.3) is 0 Å². The molecule has 2 nitrogen and oxygen atoms in total.